The minimum atomic E-state index is -3.40. The average Bonchev–Trinajstić information content (AvgIpc) is 2.36. The molecule has 18 heavy (non-hydrogen) atoms. The van der Waals surface area contributed by atoms with Crippen LogP contribution in [0.5, 0.6) is 0 Å². The van der Waals surface area contributed by atoms with E-state index in [0.717, 1.165) is 4.90 Å². The van der Waals surface area contributed by atoms with Gasteiger partial charge in [0.1, 0.15) is 0 Å². The Kier molecular flexibility index (Phi) is 7.89. The summed E-state index contributed by atoms with van der Waals surface area (Å²) in [7, 11) is -1.60. The van der Waals surface area contributed by atoms with E-state index >= 15 is 0 Å². The normalized spacial score (nSPS) is 12.8. The first-order valence-electron chi connectivity index (χ1n) is 5.30. The molecule has 1 atom stereocenters. The monoisotopic (exact) mass is 310 g/mol. The smallest absolute Gasteiger partial charge is 0.240 e. The zero-order valence-corrected chi connectivity index (χ0v) is 13.1. The highest BCUT2D eigenvalue weighted by atomic mass is 35.5. The Hall–Kier alpha value is -0.270. The summed E-state index contributed by atoms with van der Waals surface area (Å²) in [4.78, 5) is 1.25. The van der Waals surface area contributed by atoms with Crippen LogP contribution in [0.4, 0.5) is 0 Å². The molecule has 0 amide bonds. The van der Waals surface area contributed by atoms with Gasteiger partial charge in [-0.05, 0) is 38.4 Å². The number of halogens is 1. The van der Waals surface area contributed by atoms with Crippen molar-refractivity contribution in [1.29, 1.82) is 0 Å². The molecule has 1 unspecified atom stereocenters. The Morgan fingerprint density at radius 3 is 2.61 bits per heavy atom. The zero-order valence-electron chi connectivity index (χ0n) is 10.6. The lowest BCUT2D eigenvalue weighted by Gasteiger charge is -2.12. The van der Waals surface area contributed by atoms with Crippen LogP contribution < -0.4 is 10.0 Å². The highest BCUT2D eigenvalue weighted by Crippen LogP contribution is 2.18. The van der Waals surface area contributed by atoms with E-state index < -0.39 is 10.0 Å². The summed E-state index contributed by atoms with van der Waals surface area (Å²) in [6, 6.07) is 7.03. The number of hydrogen-bond donors (Lipinski definition) is 2. The first-order valence-corrected chi connectivity index (χ1v) is 8.01. The van der Waals surface area contributed by atoms with E-state index in [1.165, 1.54) is 11.8 Å². The molecule has 0 fully saturated rings. The number of nitrogens with one attached hydrogen (secondary N) is 2. The summed E-state index contributed by atoms with van der Waals surface area (Å²) in [6.07, 6.45) is 1.92. The predicted molar refractivity (Wildman–Crippen MR) is 79.2 cm³/mol. The van der Waals surface area contributed by atoms with Crippen molar-refractivity contribution >= 4 is 34.2 Å². The summed E-state index contributed by atoms with van der Waals surface area (Å²) < 4.78 is 26.5. The van der Waals surface area contributed by atoms with Gasteiger partial charge in [-0.1, -0.05) is 6.07 Å². The number of thioether (sulfide) groups is 1. The van der Waals surface area contributed by atoms with Crippen molar-refractivity contribution in [2.75, 3.05) is 19.8 Å². The van der Waals surface area contributed by atoms with Crippen LogP contribution in [0.1, 0.15) is 6.92 Å². The Morgan fingerprint density at radius 1 is 1.39 bits per heavy atom. The van der Waals surface area contributed by atoms with Gasteiger partial charge in [0.05, 0.1) is 4.90 Å². The van der Waals surface area contributed by atoms with Crippen LogP contribution in [0, 0.1) is 0 Å². The average molecular weight is 311 g/mol. The topological polar surface area (TPSA) is 58.2 Å². The SMILES string of the molecule is CNC(C)CNS(=O)(=O)c1cccc(SC)c1.Cl. The van der Waals surface area contributed by atoms with Crippen LogP contribution in [-0.4, -0.2) is 34.3 Å². The standard InChI is InChI=1S/C11H18N2O2S2.ClH/c1-9(12-2)8-13-17(14,15)11-6-4-5-10(7-11)16-3;/h4-7,9,12-13H,8H2,1-3H3;1H. The van der Waals surface area contributed by atoms with Gasteiger partial charge in [-0.25, -0.2) is 13.1 Å². The van der Waals surface area contributed by atoms with Crippen LogP contribution in [-0.2, 0) is 10.0 Å². The van der Waals surface area contributed by atoms with Gasteiger partial charge < -0.3 is 5.32 Å². The lowest BCUT2D eigenvalue weighted by atomic mass is 10.4. The molecule has 0 aliphatic rings. The van der Waals surface area contributed by atoms with Crippen molar-refractivity contribution in [2.24, 2.45) is 0 Å². The van der Waals surface area contributed by atoms with Crippen LogP contribution in [0.15, 0.2) is 34.1 Å². The molecule has 1 aromatic carbocycles. The van der Waals surface area contributed by atoms with Gasteiger partial charge in [-0.3, -0.25) is 0 Å². The van der Waals surface area contributed by atoms with E-state index in [1.54, 1.807) is 25.2 Å². The van der Waals surface area contributed by atoms with Gasteiger partial charge >= 0.3 is 0 Å². The summed E-state index contributed by atoms with van der Waals surface area (Å²) in [5, 5.41) is 2.98. The minimum absolute atomic E-state index is 0. The molecule has 0 aliphatic heterocycles. The van der Waals surface area contributed by atoms with Gasteiger partial charge in [0.2, 0.25) is 10.0 Å². The Bertz CT molecular complexity index is 466. The second-order valence-electron chi connectivity index (χ2n) is 3.72. The molecule has 7 heteroatoms. The van der Waals surface area contributed by atoms with Crippen molar-refractivity contribution in [1.82, 2.24) is 10.0 Å². The molecule has 104 valence electrons. The van der Waals surface area contributed by atoms with Crippen molar-refractivity contribution in [3.63, 3.8) is 0 Å². The van der Waals surface area contributed by atoms with Crippen LogP contribution in [0.3, 0.4) is 0 Å². The summed E-state index contributed by atoms with van der Waals surface area (Å²) in [6.45, 7) is 2.29. The maximum Gasteiger partial charge on any atom is 0.240 e. The van der Waals surface area contributed by atoms with Crippen molar-refractivity contribution in [3.05, 3.63) is 24.3 Å². The molecule has 0 aliphatic carbocycles. The molecule has 0 spiro atoms. The largest absolute Gasteiger partial charge is 0.316 e. The Balaban J connectivity index is 0.00000289. The molecule has 0 aromatic heterocycles. The molecular formula is C11H19ClN2O2S2. The quantitative estimate of drug-likeness (QED) is 0.786. The summed E-state index contributed by atoms with van der Waals surface area (Å²) in [5.41, 5.74) is 0. The highest BCUT2D eigenvalue weighted by Gasteiger charge is 2.14. The lowest BCUT2D eigenvalue weighted by molar-refractivity contribution is 0.554. The first-order chi connectivity index (χ1) is 7.99. The van der Waals surface area contributed by atoms with E-state index in [4.69, 9.17) is 0 Å². The number of benzene rings is 1. The molecule has 2 N–H and O–H groups in total. The molecule has 0 radical (unpaired) electrons. The van der Waals surface area contributed by atoms with Crippen molar-refractivity contribution in [3.8, 4) is 0 Å². The number of sulfonamides is 1. The molecular weight excluding hydrogens is 292 g/mol. The first kappa shape index (κ1) is 17.7. The van der Waals surface area contributed by atoms with E-state index in [-0.39, 0.29) is 18.4 Å². The van der Waals surface area contributed by atoms with Crippen LogP contribution >= 0.6 is 24.2 Å². The van der Waals surface area contributed by atoms with E-state index in [9.17, 15) is 8.42 Å². The maximum atomic E-state index is 12.0. The molecule has 1 rings (SSSR count). The lowest BCUT2D eigenvalue weighted by Crippen LogP contribution is -2.37. The van der Waals surface area contributed by atoms with Crippen molar-refractivity contribution in [2.45, 2.75) is 22.8 Å². The third kappa shape index (κ3) is 5.16. The molecule has 0 bridgehead atoms. The highest BCUT2D eigenvalue weighted by molar-refractivity contribution is 7.98. The number of likely N-dealkylation sites (N-methyl/N-ethyl adjacent to an activating group) is 1. The molecule has 0 saturated carbocycles. The number of rotatable bonds is 6. The van der Waals surface area contributed by atoms with Crippen LogP contribution in [0.25, 0.3) is 0 Å². The van der Waals surface area contributed by atoms with Gasteiger partial charge in [0, 0.05) is 17.5 Å². The second kappa shape index (κ2) is 8.01. The minimum Gasteiger partial charge on any atom is -0.316 e. The number of hydrogen-bond acceptors (Lipinski definition) is 4. The fourth-order valence-corrected chi connectivity index (χ4v) is 2.90. The fraction of sp³-hybridized carbons (Fsp3) is 0.455. The van der Waals surface area contributed by atoms with Gasteiger partial charge in [-0.2, -0.15) is 0 Å². The Morgan fingerprint density at radius 2 is 2.06 bits per heavy atom. The van der Waals surface area contributed by atoms with Gasteiger partial charge in [0.25, 0.3) is 0 Å². The third-order valence-corrected chi connectivity index (χ3v) is 4.57. The summed E-state index contributed by atoms with van der Waals surface area (Å²) >= 11 is 1.52. The van der Waals surface area contributed by atoms with Gasteiger partial charge in [-0.15, -0.1) is 24.2 Å². The van der Waals surface area contributed by atoms with Crippen LogP contribution in [0.2, 0.25) is 0 Å². The van der Waals surface area contributed by atoms with Gasteiger partial charge in [0.15, 0.2) is 0 Å². The molecule has 1 aromatic rings. The summed E-state index contributed by atoms with van der Waals surface area (Å²) in [5.74, 6) is 0. The van der Waals surface area contributed by atoms with E-state index in [2.05, 4.69) is 10.0 Å². The molecule has 4 nitrogen and oxygen atoms in total. The Labute approximate surface area is 119 Å². The maximum absolute atomic E-state index is 12.0. The van der Waals surface area contributed by atoms with E-state index in [1.807, 2.05) is 19.2 Å². The zero-order chi connectivity index (χ0) is 12.9. The molecule has 0 heterocycles. The fourth-order valence-electron chi connectivity index (χ4n) is 1.19. The van der Waals surface area contributed by atoms with Crippen molar-refractivity contribution < 1.29 is 8.42 Å². The van der Waals surface area contributed by atoms with E-state index in [0.29, 0.717) is 11.4 Å². The third-order valence-electron chi connectivity index (χ3n) is 2.42. The second-order valence-corrected chi connectivity index (χ2v) is 6.37. The molecule has 0 saturated heterocycles. The predicted octanol–water partition coefficient (Wildman–Crippen LogP) is 1.72.